The van der Waals surface area contributed by atoms with Crippen molar-refractivity contribution in [3.05, 3.63) is 21.4 Å². The fourth-order valence-electron chi connectivity index (χ4n) is 3.66. The Morgan fingerprint density at radius 2 is 2.00 bits per heavy atom. The Morgan fingerprint density at radius 1 is 1.16 bits per heavy atom. The molecule has 0 bridgehead atoms. The van der Waals surface area contributed by atoms with Crippen LogP contribution >= 0.6 is 11.3 Å². The molecule has 1 saturated carbocycles. The van der Waals surface area contributed by atoms with Crippen molar-refractivity contribution in [1.29, 1.82) is 0 Å². The average molecular weight is 276 g/mol. The molecule has 0 radical (unpaired) electrons. The quantitative estimate of drug-likeness (QED) is 0.547. The highest BCUT2D eigenvalue weighted by Crippen LogP contribution is 2.35. The molecule has 3 rings (SSSR count). The van der Waals surface area contributed by atoms with E-state index in [0.717, 1.165) is 23.6 Å². The summed E-state index contributed by atoms with van der Waals surface area (Å²) in [5, 5.41) is 0. The lowest BCUT2D eigenvalue weighted by atomic mass is 9.80. The molecule has 104 valence electrons. The Balaban J connectivity index is 1.76. The molecule has 0 aliphatic heterocycles. The van der Waals surface area contributed by atoms with Gasteiger partial charge in [0.1, 0.15) is 0 Å². The van der Waals surface area contributed by atoms with Gasteiger partial charge in [0.05, 0.1) is 4.88 Å². The zero-order valence-electron chi connectivity index (χ0n) is 11.9. The van der Waals surface area contributed by atoms with Gasteiger partial charge in [0.25, 0.3) is 0 Å². The number of Topliss-reactive ketones (excluding diaryl/α,β-unsaturated/α-hetero) is 1. The second-order valence-electron chi connectivity index (χ2n) is 6.45. The second kappa shape index (κ2) is 5.78. The normalized spacial score (nSPS) is 27.6. The second-order valence-corrected chi connectivity index (χ2v) is 7.59. The van der Waals surface area contributed by atoms with Crippen LogP contribution in [0.15, 0.2) is 6.07 Å². The van der Waals surface area contributed by atoms with Crippen LogP contribution in [0.1, 0.15) is 72.0 Å². The van der Waals surface area contributed by atoms with E-state index >= 15 is 0 Å². The first-order valence-electron chi connectivity index (χ1n) is 7.90. The zero-order valence-corrected chi connectivity index (χ0v) is 12.7. The molecule has 0 aromatic carbocycles. The summed E-state index contributed by atoms with van der Waals surface area (Å²) in [5.74, 6) is 1.50. The summed E-state index contributed by atoms with van der Waals surface area (Å²) in [6.45, 7) is 2.29. The van der Waals surface area contributed by atoms with Crippen molar-refractivity contribution in [2.45, 2.75) is 64.7 Å². The minimum absolute atomic E-state index is 0.311. The molecule has 0 N–H and O–H groups in total. The van der Waals surface area contributed by atoms with Crippen LogP contribution in [-0.2, 0) is 12.8 Å². The van der Waals surface area contributed by atoms with Crippen molar-refractivity contribution >= 4 is 17.1 Å². The fraction of sp³-hybridized carbons (Fsp3) is 0.706. The summed E-state index contributed by atoms with van der Waals surface area (Å²) in [4.78, 5) is 15.2. The van der Waals surface area contributed by atoms with Gasteiger partial charge in [-0.25, -0.2) is 0 Å². The number of rotatable bonds is 2. The Bertz CT molecular complexity index is 436. The lowest BCUT2D eigenvalue weighted by molar-refractivity contribution is 0.0872. The van der Waals surface area contributed by atoms with E-state index in [9.17, 15) is 4.79 Å². The van der Waals surface area contributed by atoms with Gasteiger partial charge in [-0.2, -0.15) is 0 Å². The van der Waals surface area contributed by atoms with E-state index in [1.165, 1.54) is 55.4 Å². The highest BCUT2D eigenvalue weighted by atomic mass is 32.1. The van der Waals surface area contributed by atoms with E-state index in [4.69, 9.17) is 0 Å². The van der Waals surface area contributed by atoms with Crippen molar-refractivity contribution in [2.75, 3.05) is 0 Å². The molecular weight excluding hydrogens is 252 g/mol. The van der Waals surface area contributed by atoms with Gasteiger partial charge >= 0.3 is 0 Å². The first-order chi connectivity index (χ1) is 9.24. The SMILES string of the molecule is CC1CCCC(C(=O)c2cc3c(s2)CCCCC3)C1. The van der Waals surface area contributed by atoms with Crippen LogP contribution in [-0.4, -0.2) is 5.78 Å². The molecule has 0 spiro atoms. The topological polar surface area (TPSA) is 17.1 Å². The third kappa shape index (κ3) is 2.94. The van der Waals surface area contributed by atoms with E-state index in [1.807, 2.05) is 0 Å². The molecule has 0 amide bonds. The largest absolute Gasteiger partial charge is 0.293 e. The Kier molecular flexibility index (Phi) is 4.07. The van der Waals surface area contributed by atoms with Crippen LogP contribution in [0.25, 0.3) is 0 Å². The minimum Gasteiger partial charge on any atom is -0.293 e. The molecular formula is C17H24OS. The number of hydrogen-bond donors (Lipinski definition) is 0. The molecule has 2 aliphatic rings. The lowest BCUT2D eigenvalue weighted by Gasteiger charge is -2.25. The van der Waals surface area contributed by atoms with Gasteiger partial charge in [0.2, 0.25) is 0 Å². The van der Waals surface area contributed by atoms with Gasteiger partial charge in [0.15, 0.2) is 5.78 Å². The molecule has 1 nitrogen and oxygen atoms in total. The maximum absolute atomic E-state index is 12.7. The van der Waals surface area contributed by atoms with E-state index in [1.54, 1.807) is 11.3 Å². The summed E-state index contributed by atoms with van der Waals surface area (Å²) in [5.41, 5.74) is 1.48. The summed E-state index contributed by atoms with van der Waals surface area (Å²) in [6.07, 6.45) is 11.1. The monoisotopic (exact) mass is 276 g/mol. The Morgan fingerprint density at radius 3 is 2.84 bits per heavy atom. The molecule has 2 aliphatic carbocycles. The fourth-order valence-corrected chi connectivity index (χ4v) is 4.93. The zero-order chi connectivity index (χ0) is 13.2. The third-order valence-electron chi connectivity index (χ3n) is 4.80. The van der Waals surface area contributed by atoms with E-state index < -0.39 is 0 Å². The van der Waals surface area contributed by atoms with E-state index in [2.05, 4.69) is 13.0 Å². The number of aryl methyl sites for hydroxylation is 2. The standard InChI is InChI=1S/C17H24OS/c1-12-6-5-8-14(10-12)17(18)16-11-13-7-3-2-4-9-15(13)19-16/h11-12,14H,2-10H2,1H3. The van der Waals surface area contributed by atoms with Gasteiger partial charge in [-0.15, -0.1) is 11.3 Å². The summed E-state index contributed by atoms with van der Waals surface area (Å²) in [6, 6.07) is 2.23. The van der Waals surface area contributed by atoms with Gasteiger partial charge in [-0.05, 0) is 56.1 Å². The molecule has 0 saturated heterocycles. The van der Waals surface area contributed by atoms with Crippen molar-refractivity contribution in [3.8, 4) is 0 Å². The first-order valence-corrected chi connectivity index (χ1v) is 8.71. The number of carbonyl (C=O) groups excluding carboxylic acids is 1. The predicted molar refractivity (Wildman–Crippen MR) is 81.0 cm³/mol. The Hall–Kier alpha value is -0.630. The minimum atomic E-state index is 0.311. The third-order valence-corrected chi connectivity index (χ3v) is 6.05. The number of fused-ring (bicyclic) bond motifs is 1. The predicted octanol–water partition coefficient (Wildman–Crippen LogP) is 5.03. The smallest absolute Gasteiger partial charge is 0.175 e. The van der Waals surface area contributed by atoms with E-state index in [-0.39, 0.29) is 0 Å². The molecule has 1 aromatic heterocycles. The molecule has 19 heavy (non-hydrogen) atoms. The number of carbonyl (C=O) groups is 1. The number of ketones is 1. The highest BCUT2D eigenvalue weighted by Gasteiger charge is 2.27. The molecule has 1 aromatic rings. The van der Waals surface area contributed by atoms with Crippen molar-refractivity contribution in [2.24, 2.45) is 11.8 Å². The number of hydrogen-bond acceptors (Lipinski definition) is 2. The van der Waals surface area contributed by atoms with Gasteiger partial charge in [0, 0.05) is 10.8 Å². The van der Waals surface area contributed by atoms with Crippen molar-refractivity contribution in [1.82, 2.24) is 0 Å². The van der Waals surface area contributed by atoms with Crippen LogP contribution < -0.4 is 0 Å². The van der Waals surface area contributed by atoms with Gasteiger partial charge in [-0.1, -0.05) is 26.2 Å². The summed E-state index contributed by atoms with van der Waals surface area (Å²) in [7, 11) is 0. The van der Waals surface area contributed by atoms with Crippen molar-refractivity contribution < 1.29 is 4.79 Å². The van der Waals surface area contributed by atoms with Gasteiger partial charge in [-0.3, -0.25) is 4.79 Å². The molecule has 2 atom stereocenters. The molecule has 2 unspecified atom stereocenters. The number of thiophene rings is 1. The molecule has 1 fully saturated rings. The van der Waals surface area contributed by atoms with Gasteiger partial charge < -0.3 is 0 Å². The van der Waals surface area contributed by atoms with Crippen LogP contribution in [0.3, 0.4) is 0 Å². The average Bonchev–Trinajstić information content (AvgIpc) is 2.69. The first kappa shape index (κ1) is 13.4. The summed E-state index contributed by atoms with van der Waals surface area (Å²) >= 11 is 1.80. The highest BCUT2D eigenvalue weighted by molar-refractivity contribution is 7.14. The van der Waals surface area contributed by atoms with E-state index in [0.29, 0.717) is 11.7 Å². The maximum atomic E-state index is 12.7. The molecule has 1 heterocycles. The lowest BCUT2D eigenvalue weighted by Crippen LogP contribution is -2.21. The van der Waals surface area contributed by atoms with Crippen LogP contribution in [0, 0.1) is 11.8 Å². The molecule has 2 heteroatoms. The van der Waals surface area contributed by atoms with Crippen LogP contribution in [0.5, 0.6) is 0 Å². The maximum Gasteiger partial charge on any atom is 0.175 e. The van der Waals surface area contributed by atoms with Crippen LogP contribution in [0.4, 0.5) is 0 Å². The van der Waals surface area contributed by atoms with Crippen molar-refractivity contribution in [3.63, 3.8) is 0 Å². The summed E-state index contributed by atoms with van der Waals surface area (Å²) < 4.78 is 0. The van der Waals surface area contributed by atoms with Crippen LogP contribution in [0.2, 0.25) is 0 Å². The Labute approximate surface area is 120 Å².